The van der Waals surface area contributed by atoms with Crippen LogP contribution in [0.3, 0.4) is 0 Å². The van der Waals surface area contributed by atoms with Crippen LogP contribution in [0.25, 0.3) is 0 Å². The molecule has 0 rings (SSSR count). The van der Waals surface area contributed by atoms with Crippen molar-refractivity contribution >= 4 is 13.6 Å². The second kappa shape index (κ2) is 15.7. The summed E-state index contributed by atoms with van der Waals surface area (Å²) in [5.41, 5.74) is 0. The molecule has 0 aromatic rings. The van der Waals surface area contributed by atoms with Gasteiger partial charge in [0, 0.05) is 0 Å². The SMILES string of the molecule is O=C(CO)C(O)C(O)C(O)CO.O=P([O-])([O-])O.[K+].[K+]. The predicted octanol–water partition coefficient (Wildman–Crippen LogP) is -11.6. The van der Waals surface area contributed by atoms with E-state index in [2.05, 4.69) is 0 Å². The van der Waals surface area contributed by atoms with Crippen LogP contribution in [0, 0.1) is 0 Å². The number of carbonyl (C=O) groups is 1. The Labute approximate surface area is 193 Å². The summed E-state index contributed by atoms with van der Waals surface area (Å²) < 4.78 is 8.66. The number of aliphatic hydroxyl groups excluding tert-OH is 5. The van der Waals surface area contributed by atoms with E-state index >= 15 is 0 Å². The quantitative estimate of drug-likeness (QED) is 0.203. The van der Waals surface area contributed by atoms with E-state index in [4.69, 9.17) is 44.8 Å². The molecule has 104 valence electrons. The average molecular weight is 354 g/mol. The van der Waals surface area contributed by atoms with Crippen molar-refractivity contribution in [2.75, 3.05) is 13.2 Å². The number of Topliss-reactive ketones (excluding diaryl/α,β-unsaturated/α-hetero) is 1. The third-order valence-corrected chi connectivity index (χ3v) is 1.39. The maximum Gasteiger partial charge on any atom is 1.00 e. The zero-order valence-corrected chi connectivity index (χ0v) is 17.6. The van der Waals surface area contributed by atoms with Gasteiger partial charge in [0.2, 0.25) is 0 Å². The summed E-state index contributed by atoms with van der Waals surface area (Å²) in [5, 5.41) is 43.1. The van der Waals surface area contributed by atoms with Crippen LogP contribution < -0.4 is 113 Å². The van der Waals surface area contributed by atoms with Gasteiger partial charge in [-0.1, -0.05) is 0 Å². The molecule has 0 aliphatic carbocycles. The molecule has 0 bridgehead atoms. The van der Waals surface area contributed by atoms with Crippen molar-refractivity contribution in [1.29, 1.82) is 0 Å². The first-order valence-electron chi connectivity index (χ1n) is 4.08. The van der Waals surface area contributed by atoms with E-state index in [1.807, 2.05) is 0 Å². The molecule has 0 fully saturated rings. The number of aliphatic hydroxyl groups is 5. The van der Waals surface area contributed by atoms with Gasteiger partial charge in [0.15, 0.2) is 5.78 Å². The van der Waals surface area contributed by atoms with Gasteiger partial charge in [0.25, 0.3) is 0 Å². The van der Waals surface area contributed by atoms with Crippen LogP contribution in [0.5, 0.6) is 0 Å². The van der Waals surface area contributed by atoms with Crippen LogP contribution in [0.15, 0.2) is 0 Å². The molecule has 0 saturated carbocycles. The van der Waals surface area contributed by atoms with Crippen molar-refractivity contribution in [2.24, 2.45) is 0 Å². The Kier molecular flexibility index (Phi) is 24.7. The number of hydrogen-bond acceptors (Lipinski definition) is 9. The maximum atomic E-state index is 10.5. The van der Waals surface area contributed by atoms with Crippen LogP contribution in [0.2, 0.25) is 0 Å². The molecule has 0 heterocycles. The molecular weight excluding hydrogens is 341 g/mol. The molecule has 0 aliphatic heterocycles. The molecule has 19 heavy (non-hydrogen) atoms. The summed E-state index contributed by atoms with van der Waals surface area (Å²) in [6, 6.07) is 0. The molecule has 0 aromatic heterocycles. The topological polar surface area (TPSA) is 202 Å². The van der Waals surface area contributed by atoms with E-state index in [1.165, 1.54) is 0 Å². The van der Waals surface area contributed by atoms with E-state index in [-0.39, 0.29) is 103 Å². The van der Waals surface area contributed by atoms with Gasteiger partial charge in [-0.25, -0.2) is 0 Å². The Morgan fingerprint density at radius 1 is 1.11 bits per heavy atom. The summed E-state index contributed by atoms with van der Waals surface area (Å²) >= 11 is 0. The Morgan fingerprint density at radius 3 is 1.63 bits per heavy atom. The van der Waals surface area contributed by atoms with E-state index in [0.717, 1.165) is 0 Å². The van der Waals surface area contributed by atoms with Crippen molar-refractivity contribution in [1.82, 2.24) is 0 Å². The fraction of sp³-hybridized carbons (Fsp3) is 0.833. The van der Waals surface area contributed by atoms with Gasteiger partial charge in [-0.15, -0.1) is 0 Å². The molecule has 3 unspecified atom stereocenters. The minimum atomic E-state index is -5.14. The summed E-state index contributed by atoms with van der Waals surface area (Å²) in [7, 11) is -5.14. The summed E-state index contributed by atoms with van der Waals surface area (Å²) in [6.45, 7) is -1.69. The first-order valence-corrected chi connectivity index (χ1v) is 5.57. The van der Waals surface area contributed by atoms with Gasteiger partial charge >= 0.3 is 103 Å². The molecule has 10 nitrogen and oxygen atoms in total. The molecule has 0 saturated heterocycles. The molecule has 0 radical (unpaired) electrons. The minimum absolute atomic E-state index is 0. The van der Waals surface area contributed by atoms with E-state index in [0.29, 0.717) is 0 Å². The third kappa shape index (κ3) is 20.9. The molecule has 0 amide bonds. The smallest absolute Gasteiger partial charge is 0.790 e. The maximum absolute atomic E-state index is 10.5. The molecule has 6 N–H and O–H groups in total. The molecular formula is C6H13K2O10P. The van der Waals surface area contributed by atoms with Crippen molar-refractivity contribution in [2.45, 2.75) is 18.3 Å². The second-order valence-electron chi connectivity index (χ2n) is 2.78. The summed E-state index contributed by atoms with van der Waals surface area (Å²) in [5.74, 6) is -1.00. The van der Waals surface area contributed by atoms with Crippen molar-refractivity contribution in [3.63, 3.8) is 0 Å². The van der Waals surface area contributed by atoms with Gasteiger partial charge in [-0.05, 0) is 0 Å². The van der Waals surface area contributed by atoms with Gasteiger partial charge in [0.1, 0.15) is 24.9 Å². The Balaban J connectivity index is -0.000000139. The Morgan fingerprint density at radius 2 is 1.42 bits per heavy atom. The van der Waals surface area contributed by atoms with Gasteiger partial charge in [0.05, 0.1) is 14.4 Å². The number of phosphoric acid groups is 1. The van der Waals surface area contributed by atoms with E-state index < -0.39 is 45.1 Å². The molecule has 3 atom stereocenters. The number of carbonyl (C=O) groups excluding carboxylic acids is 1. The predicted molar refractivity (Wildman–Crippen MR) is 47.0 cm³/mol. The Bertz CT molecular complexity index is 262. The van der Waals surface area contributed by atoms with Crippen molar-refractivity contribution in [3.05, 3.63) is 0 Å². The van der Waals surface area contributed by atoms with E-state index in [9.17, 15) is 4.79 Å². The van der Waals surface area contributed by atoms with E-state index in [1.54, 1.807) is 0 Å². The molecule has 0 spiro atoms. The Hall–Kier alpha value is 2.85. The zero-order chi connectivity index (χ0) is 14.2. The van der Waals surface area contributed by atoms with Gasteiger partial charge in [-0.2, -0.15) is 0 Å². The van der Waals surface area contributed by atoms with Gasteiger partial charge < -0.3 is 44.8 Å². The van der Waals surface area contributed by atoms with Crippen LogP contribution in [0.4, 0.5) is 0 Å². The average Bonchev–Trinajstić information content (AvgIpc) is 2.22. The number of hydrogen-bond donors (Lipinski definition) is 6. The van der Waals surface area contributed by atoms with Crippen LogP contribution in [0.1, 0.15) is 0 Å². The third-order valence-electron chi connectivity index (χ3n) is 1.39. The van der Waals surface area contributed by atoms with Crippen molar-refractivity contribution < 1.29 is 152 Å². The normalized spacial score (nSPS) is 14.7. The molecule has 13 heteroatoms. The fourth-order valence-corrected chi connectivity index (χ4v) is 0.602. The molecule has 0 aliphatic rings. The van der Waals surface area contributed by atoms with Crippen LogP contribution in [-0.2, 0) is 9.36 Å². The monoisotopic (exact) mass is 354 g/mol. The summed E-state index contributed by atoms with van der Waals surface area (Å²) in [4.78, 5) is 34.8. The van der Waals surface area contributed by atoms with Crippen LogP contribution in [-0.4, -0.2) is 67.7 Å². The largest absolute Gasteiger partial charge is 1.00 e. The second-order valence-corrected chi connectivity index (χ2v) is 3.72. The first kappa shape index (κ1) is 29.8. The van der Waals surface area contributed by atoms with Gasteiger partial charge in [-0.3, -0.25) is 4.79 Å². The minimum Gasteiger partial charge on any atom is -0.790 e. The number of rotatable bonds is 5. The molecule has 0 aromatic carbocycles. The van der Waals surface area contributed by atoms with Crippen LogP contribution >= 0.6 is 7.82 Å². The summed E-state index contributed by atoms with van der Waals surface area (Å²) in [6.07, 6.45) is -5.22. The number of ketones is 1. The zero-order valence-electron chi connectivity index (χ0n) is 10.4. The van der Waals surface area contributed by atoms with Crippen molar-refractivity contribution in [3.8, 4) is 0 Å². The first-order chi connectivity index (χ1) is 7.54. The fourth-order valence-electron chi connectivity index (χ4n) is 0.602. The standard InChI is InChI=1S/C6H12O6.2K.H3O4P/c7-1-3(9)5(11)6(12)4(10)2-8;;;1-5(2,3)4/h3,5-9,11-12H,1-2H2;;;(H3,1,2,3,4)/q;2*+1;/p-2.